The monoisotopic (exact) mass is 144 g/mol. The molecule has 2 rings (SSSR count). The van der Waals surface area contributed by atoms with Gasteiger partial charge in [0.05, 0.1) is 25.4 Å². The van der Waals surface area contributed by atoms with E-state index >= 15 is 0 Å². The van der Waals surface area contributed by atoms with Crippen molar-refractivity contribution in [3.8, 4) is 0 Å². The van der Waals surface area contributed by atoms with Gasteiger partial charge in [0, 0.05) is 13.1 Å². The Kier molecular flexibility index (Phi) is 1.61. The van der Waals surface area contributed by atoms with Crippen molar-refractivity contribution in [2.75, 3.05) is 26.3 Å². The van der Waals surface area contributed by atoms with Crippen molar-refractivity contribution in [3.63, 3.8) is 0 Å². The van der Waals surface area contributed by atoms with Crippen LogP contribution in [-0.4, -0.2) is 43.5 Å². The maximum Gasteiger partial charge on any atom is 0.0991 e. The molecule has 0 aromatic rings. The molecular weight excluding hydrogens is 132 g/mol. The molecule has 0 spiro atoms. The minimum absolute atomic E-state index is 0.221. The van der Waals surface area contributed by atoms with Gasteiger partial charge in [0.15, 0.2) is 0 Å². The van der Waals surface area contributed by atoms with Gasteiger partial charge in [-0.2, -0.15) is 0 Å². The van der Waals surface area contributed by atoms with Crippen LogP contribution in [0.1, 0.15) is 0 Å². The lowest BCUT2D eigenvalue weighted by molar-refractivity contribution is -0.116. The fourth-order valence-corrected chi connectivity index (χ4v) is 1.49. The number of fused-ring (bicyclic) bond motifs is 1. The number of nitrogens with zero attached hydrogens (tertiary/aromatic N) is 1. The van der Waals surface area contributed by atoms with Crippen LogP contribution in [0.25, 0.3) is 0 Å². The summed E-state index contributed by atoms with van der Waals surface area (Å²) in [6.07, 6.45) is 0.442. The zero-order valence-electron chi connectivity index (χ0n) is 5.82. The van der Waals surface area contributed by atoms with E-state index in [1.165, 1.54) is 0 Å². The molecule has 0 saturated carbocycles. The minimum atomic E-state index is 0.221. The second kappa shape index (κ2) is 2.47. The first kappa shape index (κ1) is 6.54. The summed E-state index contributed by atoms with van der Waals surface area (Å²) >= 11 is 0. The molecule has 2 N–H and O–H groups in total. The summed E-state index contributed by atoms with van der Waals surface area (Å²) in [7, 11) is 0. The molecule has 0 aliphatic carbocycles. The maximum absolute atomic E-state index is 5.57. The van der Waals surface area contributed by atoms with E-state index in [1.807, 2.05) is 0 Å². The van der Waals surface area contributed by atoms with Crippen molar-refractivity contribution >= 4 is 0 Å². The largest absolute Gasteiger partial charge is 0.372 e. The van der Waals surface area contributed by atoms with E-state index in [0.29, 0.717) is 0 Å². The van der Waals surface area contributed by atoms with Crippen molar-refractivity contribution in [1.82, 2.24) is 5.01 Å². The predicted octanol–water partition coefficient (Wildman–Crippen LogP) is -1.04. The molecule has 2 heterocycles. The van der Waals surface area contributed by atoms with Gasteiger partial charge in [0.2, 0.25) is 0 Å². The Morgan fingerprint density at radius 1 is 1.10 bits per heavy atom. The van der Waals surface area contributed by atoms with E-state index < -0.39 is 0 Å². The predicted molar refractivity (Wildman–Crippen MR) is 35.2 cm³/mol. The Bertz CT molecular complexity index is 117. The van der Waals surface area contributed by atoms with Crippen LogP contribution in [0.3, 0.4) is 0 Å². The van der Waals surface area contributed by atoms with Crippen molar-refractivity contribution in [2.45, 2.75) is 12.2 Å². The first-order chi connectivity index (χ1) is 4.86. The normalized spacial score (nSPS) is 41.7. The summed E-state index contributed by atoms with van der Waals surface area (Å²) < 4.78 is 10.9. The number of ether oxygens (including phenoxy) is 2. The standard InChI is InChI=1S/C6H12N2O2/c7-8-3-5-6(4-8)10-2-1-9-5/h5-6H,1-4,7H2. The van der Waals surface area contributed by atoms with E-state index in [9.17, 15) is 0 Å². The fraction of sp³-hybridized carbons (Fsp3) is 1.00. The van der Waals surface area contributed by atoms with Crippen LogP contribution < -0.4 is 5.84 Å². The number of rotatable bonds is 0. The fourth-order valence-electron chi connectivity index (χ4n) is 1.49. The zero-order chi connectivity index (χ0) is 6.97. The summed E-state index contributed by atoms with van der Waals surface area (Å²) in [5, 5.41) is 1.75. The Labute approximate surface area is 59.8 Å². The molecule has 10 heavy (non-hydrogen) atoms. The van der Waals surface area contributed by atoms with Gasteiger partial charge in [-0.15, -0.1) is 0 Å². The van der Waals surface area contributed by atoms with Crippen LogP contribution in [-0.2, 0) is 9.47 Å². The second-order valence-electron chi connectivity index (χ2n) is 2.77. The topological polar surface area (TPSA) is 47.7 Å². The first-order valence-corrected chi connectivity index (χ1v) is 3.59. The van der Waals surface area contributed by atoms with E-state index in [0.717, 1.165) is 26.3 Å². The summed E-state index contributed by atoms with van der Waals surface area (Å²) in [5.41, 5.74) is 0. The van der Waals surface area contributed by atoms with Crippen LogP contribution in [0.15, 0.2) is 0 Å². The lowest BCUT2D eigenvalue weighted by Crippen LogP contribution is -2.36. The summed E-state index contributed by atoms with van der Waals surface area (Å²) in [4.78, 5) is 0. The Balaban J connectivity index is 1.97. The molecule has 2 atom stereocenters. The highest BCUT2D eigenvalue weighted by atomic mass is 16.6. The molecule has 58 valence electrons. The SMILES string of the molecule is NN1CC2OCCOC2C1. The van der Waals surface area contributed by atoms with Crippen LogP contribution in [0, 0.1) is 0 Å². The van der Waals surface area contributed by atoms with Gasteiger partial charge in [-0.3, -0.25) is 5.84 Å². The number of hydrazine groups is 1. The molecule has 4 heteroatoms. The smallest absolute Gasteiger partial charge is 0.0991 e. The molecule has 2 fully saturated rings. The van der Waals surface area contributed by atoms with Crippen LogP contribution in [0.2, 0.25) is 0 Å². The lowest BCUT2D eigenvalue weighted by atomic mass is 10.2. The molecular formula is C6H12N2O2. The van der Waals surface area contributed by atoms with Crippen molar-refractivity contribution in [2.24, 2.45) is 5.84 Å². The highest BCUT2D eigenvalue weighted by Crippen LogP contribution is 2.17. The zero-order valence-corrected chi connectivity index (χ0v) is 5.82. The highest BCUT2D eigenvalue weighted by molar-refractivity contribution is 4.84. The number of hydrogen-bond acceptors (Lipinski definition) is 4. The van der Waals surface area contributed by atoms with Crippen LogP contribution in [0.4, 0.5) is 0 Å². The van der Waals surface area contributed by atoms with Gasteiger partial charge in [-0.1, -0.05) is 0 Å². The molecule has 0 bridgehead atoms. The van der Waals surface area contributed by atoms with E-state index in [4.69, 9.17) is 15.3 Å². The third-order valence-electron chi connectivity index (χ3n) is 1.99. The Morgan fingerprint density at radius 3 is 2.10 bits per heavy atom. The van der Waals surface area contributed by atoms with E-state index in [-0.39, 0.29) is 12.2 Å². The van der Waals surface area contributed by atoms with Crippen LogP contribution >= 0.6 is 0 Å². The van der Waals surface area contributed by atoms with Gasteiger partial charge < -0.3 is 9.47 Å². The molecule has 2 unspecified atom stereocenters. The van der Waals surface area contributed by atoms with Crippen molar-refractivity contribution < 1.29 is 9.47 Å². The molecule has 0 aromatic carbocycles. The van der Waals surface area contributed by atoms with Gasteiger partial charge >= 0.3 is 0 Å². The number of nitrogens with two attached hydrogens (primary N) is 1. The highest BCUT2D eigenvalue weighted by Gasteiger charge is 2.35. The molecule has 2 aliphatic rings. The van der Waals surface area contributed by atoms with E-state index in [2.05, 4.69) is 0 Å². The lowest BCUT2D eigenvalue weighted by Gasteiger charge is -2.24. The molecule has 0 radical (unpaired) electrons. The third-order valence-corrected chi connectivity index (χ3v) is 1.99. The quantitative estimate of drug-likeness (QED) is 0.441. The molecule has 4 nitrogen and oxygen atoms in total. The van der Waals surface area contributed by atoms with Crippen molar-refractivity contribution in [3.05, 3.63) is 0 Å². The summed E-state index contributed by atoms with van der Waals surface area (Å²) in [6.45, 7) is 3.05. The molecule has 2 saturated heterocycles. The average Bonchev–Trinajstić information content (AvgIpc) is 2.27. The molecule has 0 amide bonds. The van der Waals surface area contributed by atoms with Crippen molar-refractivity contribution in [1.29, 1.82) is 0 Å². The van der Waals surface area contributed by atoms with Gasteiger partial charge in [-0.05, 0) is 0 Å². The minimum Gasteiger partial charge on any atom is -0.372 e. The Morgan fingerprint density at radius 2 is 1.60 bits per heavy atom. The van der Waals surface area contributed by atoms with E-state index in [1.54, 1.807) is 5.01 Å². The second-order valence-corrected chi connectivity index (χ2v) is 2.77. The van der Waals surface area contributed by atoms with Gasteiger partial charge in [0.25, 0.3) is 0 Å². The number of hydrogen-bond donors (Lipinski definition) is 1. The third kappa shape index (κ3) is 1.03. The first-order valence-electron chi connectivity index (χ1n) is 3.59. The van der Waals surface area contributed by atoms with Crippen LogP contribution in [0.5, 0.6) is 0 Å². The van der Waals surface area contributed by atoms with Gasteiger partial charge in [0.1, 0.15) is 0 Å². The maximum atomic E-state index is 5.57. The average molecular weight is 144 g/mol. The molecule has 2 aliphatic heterocycles. The molecule has 0 aromatic heterocycles. The Hall–Kier alpha value is -0.160. The summed E-state index contributed by atoms with van der Waals surface area (Å²) in [6, 6.07) is 0. The summed E-state index contributed by atoms with van der Waals surface area (Å²) in [5.74, 6) is 5.57. The van der Waals surface area contributed by atoms with Gasteiger partial charge in [-0.25, -0.2) is 5.01 Å².